The lowest BCUT2D eigenvalue weighted by atomic mass is 10.0. The average Bonchev–Trinajstić information content (AvgIpc) is 3.36. The van der Waals surface area contributed by atoms with Gasteiger partial charge in [0.05, 0.1) is 0 Å². The van der Waals surface area contributed by atoms with Crippen LogP contribution in [0.3, 0.4) is 0 Å². The van der Waals surface area contributed by atoms with Gasteiger partial charge in [0.15, 0.2) is 0 Å². The molecule has 0 bridgehead atoms. The second kappa shape index (κ2) is 11.5. The summed E-state index contributed by atoms with van der Waals surface area (Å²) >= 11 is 5.92. The second-order valence-electron chi connectivity index (χ2n) is 9.10. The lowest BCUT2D eigenvalue weighted by Crippen LogP contribution is -2.54. The number of piperidine rings is 1. The third-order valence-electron chi connectivity index (χ3n) is 6.72. The largest absolute Gasteiger partial charge is 0.351 e. The molecule has 1 aliphatic carbocycles. The monoisotopic (exact) mass is 468 g/mol. The quantitative estimate of drug-likeness (QED) is 0.556. The SMILES string of the molecule is O=C(Nc1ccc(Cl)cc1)N[C@H](Cc1ccccc1)C(=O)NC1CCN(C2CCCC2)CC1. The highest BCUT2D eigenvalue weighted by molar-refractivity contribution is 6.30. The molecule has 1 heterocycles. The fourth-order valence-electron chi connectivity index (χ4n) is 4.90. The second-order valence-corrected chi connectivity index (χ2v) is 9.54. The van der Waals surface area contributed by atoms with E-state index in [-0.39, 0.29) is 11.9 Å². The van der Waals surface area contributed by atoms with Crippen LogP contribution in [-0.2, 0) is 11.2 Å². The predicted octanol–water partition coefficient (Wildman–Crippen LogP) is 4.60. The molecule has 0 unspecified atom stereocenters. The van der Waals surface area contributed by atoms with Crippen LogP contribution in [0.25, 0.3) is 0 Å². The Balaban J connectivity index is 1.34. The van der Waals surface area contributed by atoms with Crippen molar-refractivity contribution in [2.45, 2.75) is 63.1 Å². The molecule has 176 valence electrons. The van der Waals surface area contributed by atoms with Crippen LogP contribution < -0.4 is 16.0 Å². The topological polar surface area (TPSA) is 73.5 Å². The maximum absolute atomic E-state index is 13.2. The zero-order valence-corrected chi connectivity index (χ0v) is 19.7. The summed E-state index contributed by atoms with van der Waals surface area (Å²) in [6.07, 6.45) is 7.64. The highest BCUT2D eigenvalue weighted by Gasteiger charge is 2.29. The number of amides is 3. The Labute approximate surface area is 201 Å². The minimum absolute atomic E-state index is 0.135. The van der Waals surface area contributed by atoms with Gasteiger partial charge >= 0.3 is 6.03 Å². The molecule has 2 aromatic rings. The first-order valence-corrected chi connectivity index (χ1v) is 12.4. The standard InChI is InChI=1S/C26H33ClN4O2/c27-20-10-12-21(13-11-20)29-26(33)30-24(18-19-6-2-1-3-7-19)25(32)28-22-14-16-31(17-15-22)23-8-4-5-9-23/h1-3,6-7,10-13,22-24H,4-5,8-9,14-18H2,(H,28,32)(H2,29,30,33)/t24-/m1/s1. The van der Waals surface area contributed by atoms with Gasteiger partial charge in [-0.1, -0.05) is 54.8 Å². The fourth-order valence-corrected chi connectivity index (χ4v) is 5.02. The molecule has 2 aliphatic rings. The first kappa shape index (κ1) is 23.6. The summed E-state index contributed by atoms with van der Waals surface area (Å²) < 4.78 is 0. The number of anilines is 1. The van der Waals surface area contributed by atoms with Crippen molar-refractivity contribution >= 4 is 29.2 Å². The lowest BCUT2D eigenvalue weighted by molar-refractivity contribution is -0.124. The third kappa shape index (κ3) is 6.95. The third-order valence-corrected chi connectivity index (χ3v) is 6.98. The molecule has 0 radical (unpaired) electrons. The minimum Gasteiger partial charge on any atom is -0.351 e. The lowest BCUT2D eigenvalue weighted by Gasteiger charge is -2.36. The van der Waals surface area contributed by atoms with Crippen molar-refractivity contribution in [1.29, 1.82) is 0 Å². The number of rotatable bonds is 7. The number of benzene rings is 2. The van der Waals surface area contributed by atoms with E-state index in [9.17, 15) is 9.59 Å². The van der Waals surface area contributed by atoms with Crippen LogP contribution in [0.15, 0.2) is 54.6 Å². The van der Waals surface area contributed by atoms with Gasteiger partial charge in [-0.05, 0) is 55.5 Å². The molecular weight excluding hydrogens is 436 g/mol. The maximum atomic E-state index is 13.2. The first-order valence-electron chi connectivity index (χ1n) is 12.0. The number of likely N-dealkylation sites (tertiary alicyclic amines) is 1. The number of hydrogen-bond donors (Lipinski definition) is 3. The molecule has 3 N–H and O–H groups in total. The van der Waals surface area contributed by atoms with E-state index in [2.05, 4.69) is 20.9 Å². The average molecular weight is 469 g/mol. The van der Waals surface area contributed by atoms with Crippen LogP contribution in [0, 0.1) is 0 Å². The Bertz CT molecular complexity index is 908. The van der Waals surface area contributed by atoms with Gasteiger partial charge < -0.3 is 20.9 Å². The molecule has 2 fully saturated rings. The van der Waals surface area contributed by atoms with E-state index >= 15 is 0 Å². The summed E-state index contributed by atoms with van der Waals surface area (Å²) in [5.41, 5.74) is 1.62. The highest BCUT2D eigenvalue weighted by Crippen LogP contribution is 2.26. The van der Waals surface area contributed by atoms with Gasteiger partial charge in [0.25, 0.3) is 0 Å². The van der Waals surface area contributed by atoms with Crippen LogP contribution in [0.5, 0.6) is 0 Å². The number of carbonyl (C=O) groups is 2. The van der Waals surface area contributed by atoms with Gasteiger partial charge in [0, 0.05) is 42.3 Å². The van der Waals surface area contributed by atoms with Crippen molar-refractivity contribution in [3.05, 3.63) is 65.2 Å². The van der Waals surface area contributed by atoms with Crippen molar-refractivity contribution in [3.63, 3.8) is 0 Å². The van der Waals surface area contributed by atoms with Crippen molar-refractivity contribution < 1.29 is 9.59 Å². The van der Waals surface area contributed by atoms with E-state index in [1.807, 2.05) is 30.3 Å². The molecule has 0 aromatic heterocycles. The van der Waals surface area contributed by atoms with Crippen molar-refractivity contribution in [3.8, 4) is 0 Å². The molecule has 1 saturated carbocycles. The molecule has 2 aromatic carbocycles. The summed E-state index contributed by atoms with van der Waals surface area (Å²) in [4.78, 5) is 28.4. The summed E-state index contributed by atoms with van der Waals surface area (Å²) in [5, 5.41) is 9.45. The van der Waals surface area contributed by atoms with Crippen molar-refractivity contribution in [2.75, 3.05) is 18.4 Å². The van der Waals surface area contributed by atoms with Crippen LogP contribution in [0.1, 0.15) is 44.1 Å². The number of hydrogen-bond acceptors (Lipinski definition) is 3. The molecule has 1 saturated heterocycles. The number of urea groups is 1. The number of carbonyl (C=O) groups excluding carboxylic acids is 2. The smallest absolute Gasteiger partial charge is 0.319 e. The molecule has 4 rings (SSSR count). The normalized spacial score (nSPS) is 18.6. The van der Waals surface area contributed by atoms with Gasteiger partial charge in [0.1, 0.15) is 6.04 Å². The zero-order chi connectivity index (χ0) is 23.0. The molecule has 7 heteroatoms. The Kier molecular flexibility index (Phi) is 8.24. The maximum Gasteiger partial charge on any atom is 0.319 e. The zero-order valence-electron chi connectivity index (χ0n) is 18.9. The summed E-state index contributed by atoms with van der Waals surface area (Å²) in [5.74, 6) is -0.135. The predicted molar refractivity (Wildman–Crippen MR) is 133 cm³/mol. The number of nitrogens with zero attached hydrogens (tertiary/aromatic N) is 1. The number of halogens is 1. The summed E-state index contributed by atoms with van der Waals surface area (Å²) in [6, 6.07) is 16.5. The van der Waals surface area contributed by atoms with Gasteiger partial charge in [0.2, 0.25) is 5.91 Å². The van der Waals surface area contributed by atoms with Crippen LogP contribution in [0.2, 0.25) is 5.02 Å². The van der Waals surface area contributed by atoms with Crippen molar-refractivity contribution in [2.24, 2.45) is 0 Å². The highest BCUT2D eigenvalue weighted by atomic mass is 35.5. The van der Waals surface area contributed by atoms with Gasteiger partial charge in [-0.15, -0.1) is 0 Å². The van der Waals surface area contributed by atoms with E-state index in [4.69, 9.17) is 11.6 Å². The molecule has 33 heavy (non-hydrogen) atoms. The van der Waals surface area contributed by atoms with Crippen molar-refractivity contribution in [1.82, 2.24) is 15.5 Å². The summed E-state index contributed by atoms with van der Waals surface area (Å²) in [7, 11) is 0. The fraction of sp³-hybridized carbons (Fsp3) is 0.462. The molecule has 1 aliphatic heterocycles. The van der Waals surface area contributed by atoms with E-state index < -0.39 is 12.1 Å². The van der Waals surface area contributed by atoms with E-state index in [1.54, 1.807) is 24.3 Å². The van der Waals surface area contributed by atoms with Gasteiger partial charge in [-0.2, -0.15) is 0 Å². The first-order chi connectivity index (χ1) is 16.1. The molecule has 3 amide bonds. The van der Waals surface area contributed by atoms with Crippen LogP contribution >= 0.6 is 11.6 Å². The Morgan fingerprint density at radius 1 is 0.939 bits per heavy atom. The molecule has 0 spiro atoms. The van der Waals surface area contributed by atoms with E-state index in [0.29, 0.717) is 17.1 Å². The van der Waals surface area contributed by atoms with Crippen LogP contribution in [0.4, 0.5) is 10.5 Å². The molecule has 6 nitrogen and oxygen atoms in total. The molecule has 1 atom stereocenters. The van der Waals surface area contributed by atoms with Gasteiger partial charge in [-0.25, -0.2) is 4.79 Å². The van der Waals surface area contributed by atoms with Crippen LogP contribution in [-0.4, -0.2) is 48.1 Å². The Hall–Kier alpha value is -2.57. The Morgan fingerprint density at radius 2 is 1.61 bits per heavy atom. The Morgan fingerprint density at radius 3 is 2.27 bits per heavy atom. The summed E-state index contributed by atoms with van der Waals surface area (Å²) in [6.45, 7) is 2.06. The molecular formula is C26H33ClN4O2. The van der Waals surface area contributed by atoms with E-state index in [1.165, 1.54) is 25.7 Å². The van der Waals surface area contributed by atoms with Gasteiger partial charge in [-0.3, -0.25) is 4.79 Å². The minimum atomic E-state index is -0.660. The van der Waals surface area contributed by atoms with E-state index in [0.717, 1.165) is 37.5 Å². The number of nitrogens with one attached hydrogen (secondary N) is 3.